The molecule has 7 nitrogen and oxygen atoms in total. The molecule has 8 heteroatoms. The average Bonchev–Trinajstić information content (AvgIpc) is 2.91. The van der Waals surface area contributed by atoms with Gasteiger partial charge in [0.15, 0.2) is 12.1 Å². The Labute approximate surface area is 218 Å². The highest BCUT2D eigenvalue weighted by Crippen LogP contribution is 2.38. The number of hydrogen-bond acceptors (Lipinski definition) is 5. The second-order valence-electron chi connectivity index (χ2n) is 9.07. The summed E-state index contributed by atoms with van der Waals surface area (Å²) in [4.78, 5) is 40.5. The molecule has 37 heavy (non-hydrogen) atoms. The second-order valence-corrected chi connectivity index (χ2v) is 10.6. The minimum absolute atomic E-state index is 0.0972. The molecule has 3 aromatic carbocycles. The maximum absolute atomic E-state index is 13.5. The Hall–Kier alpha value is -3.88. The largest absolute Gasteiger partial charge is 0.614 e. The van der Waals surface area contributed by atoms with Crippen LogP contribution in [-0.4, -0.2) is 44.4 Å². The van der Waals surface area contributed by atoms with E-state index in [0.29, 0.717) is 5.57 Å². The number of nitrogens with zero attached hydrogens (tertiary/aromatic N) is 1. The third kappa shape index (κ3) is 5.03. The molecule has 1 unspecified atom stereocenters. The minimum atomic E-state index is -1.47. The predicted molar refractivity (Wildman–Crippen MR) is 139 cm³/mol. The summed E-state index contributed by atoms with van der Waals surface area (Å²) in [7, 11) is 0. The Morgan fingerprint density at radius 2 is 1.51 bits per heavy atom. The number of carbonyl (C=O) groups excluding carboxylic acids is 3. The van der Waals surface area contributed by atoms with Crippen LogP contribution in [0.4, 0.5) is 0 Å². The number of fused-ring (bicyclic) bond motifs is 1. The number of esters is 1. The predicted octanol–water partition coefficient (Wildman–Crippen LogP) is 3.25. The molecular formula is C29H26N2O5S. The fourth-order valence-electron chi connectivity index (χ4n) is 4.70. The summed E-state index contributed by atoms with van der Waals surface area (Å²) in [6.45, 7) is 1.68. The van der Waals surface area contributed by atoms with Crippen LogP contribution in [0.15, 0.2) is 102 Å². The summed E-state index contributed by atoms with van der Waals surface area (Å²) < 4.78 is 19.0. The van der Waals surface area contributed by atoms with Gasteiger partial charge in [0.05, 0.1) is 6.42 Å². The van der Waals surface area contributed by atoms with Crippen LogP contribution in [-0.2, 0) is 36.7 Å². The fraction of sp³-hybridized carbons (Fsp3) is 0.207. The van der Waals surface area contributed by atoms with Crippen molar-refractivity contribution in [1.29, 1.82) is 0 Å². The molecule has 2 aliphatic heterocycles. The zero-order chi connectivity index (χ0) is 25.9. The van der Waals surface area contributed by atoms with Gasteiger partial charge < -0.3 is 14.6 Å². The number of carbonyl (C=O) groups is 3. The van der Waals surface area contributed by atoms with Crippen LogP contribution in [0.2, 0.25) is 0 Å². The van der Waals surface area contributed by atoms with Crippen LogP contribution in [0.5, 0.6) is 0 Å². The van der Waals surface area contributed by atoms with Gasteiger partial charge in [-0.2, -0.15) is 0 Å². The van der Waals surface area contributed by atoms with Gasteiger partial charge in [0.25, 0.3) is 5.91 Å². The topological polar surface area (TPSA) is 98.8 Å². The van der Waals surface area contributed by atoms with E-state index in [1.54, 1.807) is 6.92 Å². The molecule has 1 N–H and O–H groups in total. The summed E-state index contributed by atoms with van der Waals surface area (Å²) >= 11 is -1.47. The zero-order valence-electron chi connectivity index (χ0n) is 20.2. The molecule has 3 atom stereocenters. The molecule has 0 saturated carbocycles. The molecule has 1 saturated heterocycles. The van der Waals surface area contributed by atoms with Gasteiger partial charge in [-0.25, -0.2) is 4.79 Å². The molecule has 5 rings (SSSR count). The van der Waals surface area contributed by atoms with Crippen molar-refractivity contribution in [3.05, 3.63) is 119 Å². The van der Waals surface area contributed by atoms with E-state index in [0.717, 1.165) is 16.7 Å². The molecular weight excluding hydrogens is 488 g/mol. The van der Waals surface area contributed by atoms with E-state index in [-0.39, 0.29) is 23.8 Å². The lowest BCUT2D eigenvalue weighted by Gasteiger charge is -2.49. The lowest BCUT2D eigenvalue weighted by Crippen LogP contribution is -2.74. The van der Waals surface area contributed by atoms with Crippen molar-refractivity contribution in [1.82, 2.24) is 10.2 Å². The number of benzene rings is 3. The molecule has 1 fully saturated rings. The lowest BCUT2D eigenvalue weighted by molar-refractivity contribution is -0.155. The molecule has 188 valence electrons. The third-order valence-electron chi connectivity index (χ3n) is 6.46. The minimum Gasteiger partial charge on any atom is -0.614 e. The first kappa shape index (κ1) is 24.8. The summed E-state index contributed by atoms with van der Waals surface area (Å²) in [6.07, 6.45) is -0.581. The first-order chi connectivity index (χ1) is 17.9. The van der Waals surface area contributed by atoms with Crippen LogP contribution in [0, 0.1) is 0 Å². The van der Waals surface area contributed by atoms with Crippen molar-refractivity contribution in [2.75, 3.05) is 5.75 Å². The quantitative estimate of drug-likeness (QED) is 0.297. The second kappa shape index (κ2) is 10.6. The number of amides is 2. The summed E-state index contributed by atoms with van der Waals surface area (Å²) in [5.74, 6) is -1.36. The molecule has 0 bridgehead atoms. The highest BCUT2D eigenvalue weighted by atomic mass is 32.2. The van der Waals surface area contributed by atoms with Gasteiger partial charge in [0.2, 0.25) is 11.3 Å². The Kier molecular flexibility index (Phi) is 7.12. The van der Waals surface area contributed by atoms with E-state index < -0.39 is 40.6 Å². The Morgan fingerprint density at radius 1 is 0.973 bits per heavy atom. The fourth-order valence-corrected chi connectivity index (χ4v) is 6.37. The van der Waals surface area contributed by atoms with Crippen molar-refractivity contribution in [2.45, 2.75) is 30.9 Å². The lowest BCUT2D eigenvalue weighted by atomic mass is 10.0. The van der Waals surface area contributed by atoms with Gasteiger partial charge in [-0.05, 0) is 34.8 Å². The van der Waals surface area contributed by atoms with E-state index in [1.165, 1.54) is 4.90 Å². The van der Waals surface area contributed by atoms with Crippen LogP contribution in [0.25, 0.3) is 0 Å². The van der Waals surface area contributed by atoms with Crippen molar-refractivity contribution < 1.29 is 23.7 Å². The Bertz CT molecular complexity index is 1290. The molecule has 3 aromatic rings. The zero-order valence-corrected chi connectivity index (χ0v) is 21.0. The third-order valence-corrected chi connectivity index (χ3v) is 8.20. The van der Waals surface area contributed by atoms with E-state index in [4.69, 9.17) is 4.74 Å². The molecule has 2 amide bonds. The number of β-lactam (4-membered cyclic amide) rings is 1. The Balaban J connectivity index is 1.35. The smallest absolute Gasteiger partial charge is 0.356 e. The average molecular weight is 515 g/mol. The highest BCUT2D eigenvalue weighted by Gasteiger charge is 2.60. The number of hydrogen-bond donors (Lipinski definition) is 1. The van der Waals surface area contributed by atoms with E-state index in [2.05, 4.69) is 5.32 Å². The summed E-state index contributed by atoms with van der Waals surface area (Å²) in [5.41, 5.74) is 3.00. The van der Waals surface area contributed by atoms with Crippen molar-refractivity contribution in [2.24, 2.45) is 0 Å². The summed E-state index contributed by atoms with van der Waals surface area (Å²) in [5, 5.41) is 1.90. The van der Waals surface area contributed by atoms with Gasteiger partial charge in [-0.15, -0.1) is 0 Å². The van der Waals surface area contributed by atoms with Gasteiger partial charge in [-0.3, -0.25) is 14.5 Å². The van der Waals surface area contributed by atoms with Crippen LogP contribution >= 0.6 is 0 Å². The van der Waals surface area contributed by atoms with E-state index in [1.807, 2.05) is 91.0 Å². The first-order valence-corrected chi connectivity index (χ1v) is 13.4. The van der Waals surface area contributed by atoms with Crippen molar-refractivity contribution in [3.63, 3.8) is 0 Å². The van der Waals surface area contributed by atoms with Crippen molar-refractivity contribution in [3.8, 4) is 0 Å². The number of rotatable bonds is 7. The normalized spacial score (nSPS) is 20.8. The molecule has 2 aliphatic rings. The first-order valence-electron chi connectivity index (χ1n) is 12.0. The van der Waals surface area contributed by atoms with Gasteiger partial charge in [0.1, 0.15) is 11.4 Å². The summed E-state index contributed by atoms with van der Waals surface area (Å²) in [6, 6.07) is 26.9. The maximum Gasteiger partial charge on any atom is 0.356 e. The van der Waals surface area contributed by atoms with Gasteiger partial charge in [-0.1, -0.05) is 91.0 Å². The molecule has 2 heterocycles. The molecule has 0 spiro atoms. The van der Waals surface area contributed by atoms with Crippen LogP contribution < -0.4 is 5.32 Å². The van der Waals surface area contributed by atoms with E-state index in [9.17, 15) is 18.9 Å². The van der Waals surface area contributed by atoms with Crippen molar-refractivity contribution >= 4 is 29.0 Å². The van der Waals surface area contributed by atoms with E-state index >= 15 is 0 Å². The molecule has 0 aromatic heterocycles. The monoisotopic (exact) mass is 514 g/mol. The van der Waals surface area contributed by atoms with Crippen LogP contribution in [0.3, 0.4) is 0 Å². The number of ether oxygens (including phenoxy) is 1. The SMILES string of the molecule is CC1=C(C(=O)OC(c2ccccc2)c2ccccc2)N2C(=O)[C@@H](NC(=O)Cc3ccccc3)[C@@H]2[S+]([O-])C1. The molecule has 0 radical (unpaired) electrons. The Morgan fingerprint density at radius 3 is 2.08 bits per heavy atom. The van der Waals surface area contributed by atoms with Crippen LogP contribution in [0.1, 0.15) is 29.7 Å². The standard InChI is InChI=1S/C29H26N2O5S/c1-19-18-37(35)28-24(30-23(32)17-20-11-5-2-6-12-20)27(33)31(28)25(19)29(34)36-26(21-13-7-3-8-14-21)22-15-9-4-10-16-22/h2-16,24,26,28H,17-18H2,1H3,(H,30,32)/t24-,28+,37?/m1/s1. The van der Waals surface area contributed by atoms with Gasteiger partial charge >= 0.3 is 5.97 Å². The molecule has 0 aliphatic carbocycles. The highest BCUT2D eigenvalue weighted by molar-refractivity contribution is 7.92. The van der Waals surface area contributed by atoms with Gasteiger partial charge in [0, 0.05) is 5.57 Å². The maximum atomic E-state index is 13.5. The number of nitrogens with one attached hydrogen (secondary N) is 1.